The number of likely N-dealkylation sites (tertiary alicyclic amines) is 1. The second-order valence-electron chi connectivity index (χ2n) is 17.7. The van der Waals surface area contributed by atoms with Gasteiger partial charge in [0, 0.05) is 78.6 Å². The number of carbonyl (C=O) groups excluding carboxylic acids is 6. The molecule has 5 aliphatic heterocycles. The van der Waals surface area contributed by atoms with E-state index >= 15 is 4.39 Å². The van der Waals surface area contributed by atoms with Crippen molar-refractivity contribution in [2.24, 2.45) is 5.92 Å². The third kappa shape index (κ3) is 7.20. The van der Waals surface area contributed by atoms with Crippen LogP contribution in [0.25, 0.3) is 0 Å². The highest BCUT2D eigenvalue weighted by Gasteiger charge is 2.72. The van der Waals surface area contributed by atoms with Crippen LogP contribution in [0.3, 0.4) is 0 Å². The molecule has 5 amide bonds. The number of hydrogen-bond donors (Lipinski definition) is 3. The van der Waals surface area contributed by atoms with E-state index in [9.17, 15) is 28.8 Å². The van der Waals surface area contributed by atoms with Crippen LogP contribution in [0.4, 0.5) is 10.1 Å². The van der Waals surface area contributed by atoms with Crippen molar-refractivity contribution < 1.29 is 33.2 Å². The Kier molecular flexibility index (Phi) is 11.5. The van der Waals surface area contributed by atoms with Gasteiger partial charge >= 0.3 is 0 Å². The molecule has 2 spiro atoms. The maximum Gasteiger partial charge on any atom is 0.255 e. The summed E-state index contributed by atoms with van der Waals surface area (Å²) in [4.78, 5) is 83.4. The van der Waals surface area contributed by atoms with Crippen molar-refractivity contribution in [3.63, 3.8) is 0 Å². The molecule has 4 fully saturated rings. The van der Waals surface area contributed by atoms with Gasteiger partial charge in [-0.2, -0.15) is 0 Å². The Morgan fingerprint density at radius 2 is 1.69 bits per heavy atom. The summed E-state index contributed by atoms with van der Waals surface area (Å²) in [6.45, 7) is 1.28. The van der Waals surface area contributed by atoms with Crippen LogP contribution in [0.5, 0.6) is 0 Å². The molecule has 1 aliphatic carbocycles. The van der Waals surface area contributed by atoms with Gasteiger partial charge < -0.3 is 15.1 Å². The van der Waals surface area contributed by atoms with Crippen LogP contribution in [-0.4, -0.2) is 75.8 Å². The molecular weight excluding hydrogens is 832 g/mol. The van der Waals surface area contributed by atoms with E-state index in [4.69, 9.17) is 23.2 Å². The second-order valence-corrected chi connectivity index (χ2v) is 18.6. The predicted octanol–water partition coefficient (Wildman–Crippen LogP) is 6.96. The van der Waals surface area contributed by atoms with E-state index in [1.807, 2.05) is 17.0 Å². The molecule has 14 heteroatoms. The SMILES string of the molecule is O=C1CCC(N2Cc3c(C#CCCCC(=O)N4CCC(CC(=O)[C@@H]5NC6(CCCCC6)[C@@]6(C(=O)Nc7cc(Cl)ccc76)[C@H]5c5cccc(Cl)c5F)CC4)cccc3C2=O)C(=O)N1. The summed E-state index contributed by atoms with van der Waals surface area (Å²) in [5, 5.41) is 9.55. The van der Waals surface area contributed by atoms with Crippen molar-refractivity contribution >= 4 is 64.2 Å². The number of nitrogens with zero attached hydrogens (tertiary/aromatic N) is 2. The minimum atomic E-state index is -1.28. The van der Waals surface area contributed by atoms with Crippen LogP contribution in [0.1, 0.15) is 122 Å². The highest BCUT2D eigenvalue weighted by Crippen LogP contribution is 2.63. The van der Waals surface area contributed by atoms with Gasteiger partial charge in [-0.25, -0.2) is 4.39 Å². The van der Waals surface area contributed by atoms with E-state index in [2.05, 4.69) is 27.8 Å². The van der Waals surface area contributed by atoms with Crippen LogP contribution in [-0.2, 0) is 35.9 Å². The number of imide groups is 1. The molecule has 3 saturated heterocycles. The third-order valence-corrected chi connectivity index (χ3v) is 14.9. The number of fused-ring (bicyclic) bond motifs is 4. The molecule has 0 bridgehead atoms. The minimum Gasteiger partial charge on any atom is -0.343 e. The van der Waals surface area contributed by atoms with Gasteiger partial charge in [-0.05, 0) is 91.5 Å². The number of rotatable bonds is 8. The standard InChI is InChI=1S/C48H48Cl2FN5O6/c49-30-15-16-34-36(26-30)52-46(62)48(34)41(32-12-8-13-35(50)42(32)51)43(54-47(48)21-5-2-6-22-47)38(57)25-28-19-23-55(24-20-28)40(59)14-4-1-3-9-29-10-7-11-31-33(29)27-56(45(31)61)37-17-18-39(58)53-44(37)60/h7-8,10-13,15-16,26,28,37,41,43,54H,1-2,4-6,14,17-25,27H2,(H,52,62)(H,53,58,60)/t37?,41-,43-,48+/m0/s1. The lowest BCUT2D eigenvalue weighted by Crippen LogP contribution is -2.60. The molecule has 1 saturated carbocycles. The third-order valence-electron chi connectivity index (χ3n) is 14.3. The molecule has 0 radical (unpaired) electrons. The molecule has 3 N–H and O–H groups in total. The average molecular weight is 881 g/mol. The molecular formula is C48H48Cl2FN5O6. The van der Waals surface area contributed by atoms with Crippen molar-refractivity contribution in [2.75, 3.05) is 18.4 Å². The first kappa shape index (κ1) is 42.2. The van der Waals surface area contributed by atoms with Crippen molar-refractivity contribution in [1.29, 1.82) is 0 Å². The number of halogens is 3. The quantitative estimate of drug-likeness (QED) is 0.126. The van der Waals surface area contributed by atoms with Crippen molar-refractivity contribution in [1.82, 2.24) is 20.4 Å². The van der Waals surface area contributed by atoms with Gasteiger partial charge in [0.05, 0.1) is 11.1 Å². The first-order chi connectivity index (χ1) is 29.9. The second kappa shape index (κ2) is 16.9. The molecule has 0 aromatic heterocycles. The van der Waals surface area contributed by atoms with E-state index in [0.717, 1.165) is 30.4 Å². The summed E-state index contributed by atoms with van der Waals surface area (Å²) in [6.07, 6.45) is 7.38. The van der Waals surface area contributed by atoms with Gasteiger partial charge in [0.25, 0.3) is 5.91 Å². The topological polar surface area (TPSA) is 145 Å². The highest BCUT2D eigenvalue weighted by molar-refractivity contribution is 6.31. The molecule has 6 aliphatic rings. The number of Topliss-reactive ketones (excluding diaryl/α,β-unsaturated/α-hetero) is 1. The Morgan fingerprint density at radius 3 is 2.47 bits per heavy atom. The van der Waals surface area contributed by atoms with Crippen molar-refractivity contribution in [2.45, 2.75) is 119 Å². The van der Waals surface area contributed by atoms with E-state index in [-0.39, 0.29) is 71.7 Å². The minimum absolute atomic E-state index is 0.0109. The number of ketones is 1. The molecule has 3 aromatic carbocycles. The Hall–Kier alpha value is -5.09. The fourth-order valence-electron chi connectivity index (χ4n) is 11.4. The van der Waals surface area contributed by atoms with Crippen molar-refractivity contribution in [3.8, 4) is 11.8 Å². The molecule has 62 heavy (non-hydrogen) atoms. The number of anilines is 1. The number of unbranched alkanes of at least 4 members (excludes halogenated alkanes) is 1. The van der Waals surface area contributed by atoms with Crippen molar-refractivity contribution in [3.05, 3.63) is 98.3 Å². The molecule has 9 rings (SSSR count). The number of amides is 5. The number of carbonyl (C=O) groups is 6. The molecule has 5 heterocycles. The Bertz CT molecular complexity index is 2450. The van der Waals surface area contributed by atoms with Gasteiger partial charge in [-0.3, -0.25) is 39.4 Å². The van der Waals surface area contributed by atoms with E-state index in [0.29, 0.717) is 79.9 Å². The van der Waals surface area contributed by atoms with Crippen LogP contribution >= 0.6 is 23.2 Å². The maximum atomic E-state index is 16.3. The maximum absolute atomic E-state index is 16.3. The van der Waals surface area contributed by atoms with Crippen LogP contribution in [0.2, 0.25) is 10.0 Å². The number of benzene rings is 3. The van der Waals surface area contributed by atoms with Crippen LogP contribution < -0.4 is 16.0 Å². The first-order valence-electron chi connectivity index (χ1n) is 21.8. The van der Waals surface area contributed by atoms with Gasteiger partial charge in [-0.15, -0.1) is 0 Å². The molecule has 11 nitrogen and oxygen atoms in total. The van der Waals surface area contributed by atoms with Gasteiger partial charge in [0.2, 0.25) is 23.6 Å². The lowest BCUT2D eigenvalue weighted by molar-refractivity contribution is -0.137. The average Bonchev–Trinajstić information content (AvgIpc) is 3.85. The molecule has 4 atom stereocenters. The fourth-order valence-corrected chi connectivity index (χ4v) is 11.8. The fraction of sp³-hybridized carbons (Fsp3) is 0.458. The van der Waals surface area contributed by atoms with Gasteiger partial charge in [0.15, 0.2) is 5.78 Å². The van der Waals surface area contributed by atoms with Crippen LogP contribution in [0, 0.1) is 23.6 Å². The summed E-state index contributed by atoms with van der Waals surface area (Å²) >= 11 is 12.8. The zero-order chi connectivity index (χ0) is 43.3. The largest absolute Gasteiger partial charge is 0.343 e. The first-order valence-corrected chi connectivity index (χ1v) is 22.6. The Labute approximate surface area is 369 Å². The smallest absolute Gasteiger partial charge is 0.255 e. The lowest BCUT2D eigenvalue weighted by atomic mass is 9.55. The summed E-state index contributed by atoms with van der Waals surface area (Å²) in [5.41, 5.74) is 1.44. The Morgan fingerprint density at radius 1 is 0.919 bits per heavy atom. The van der Waals surface area contributed by atoms with E-state index in [1.165, 1.54) is 11.0 Å². The zero-order valence-corrected chi connectivity index (χ0v) is 35.8. The van der Waals surface area contributed by atoms with Gasteiger partial charge in [-0.1, -0.05) is 78.6 Å². The monoisotopic (exact) mass is 879 g/mol. The summed E-state index contributed by atoms with van der Waals surface area (Å²) in [5.74, 6) is 3.50. The summed E-state index contributed by atoms with van der Waals surface area (Å²) in [6, 6.07) is 13.9. The predicted molar refractivity (Wildman–Crippen MR) is 231 cm³/mol. The lowest BCUT2D eigenvalue weighted by Gasteiger charge is -2.47. The Balaban J connectivity index is 0.840. The normalized spacial score (nSPS) is 25.4. The molecule has 322 valence electrons. The van der Waals surface area contributed by atoms with E-state index in [1.54, 1.807) is 36.4 Å². The zero-order valence-electron chi connectivity index (χ0n) is 34.3. The van der Waals surface area contributed by atoms with Gasteiger partial charge in [0.1, 0.15) is 17.3 Å². The molecule has 3 aromatic rings. The summed E-state index contributed by atoms with van der Waals surface area (Å²) in [7, 11) is 0. The van der Waals surface area contributed by atoms with Crippen LogP contribution in [0.15, 0.2) is 54.6 Å². The summed E-state index contributed by atoms with van der Waals surface area (Å²) < 4.78 is 16.3. The number of hydrogen-bond acceptors (Lipinski definition) is 7. The highest BCUT2D eigenvalue weighted by atomic mass is 35.5. The number of piperidine rings is 2. The molecule has 1 unspecified atom stereocenters. The number of nitrogens with one attached hydrogen (secondary N) is 3. The van der Waals surface area contributed by atoms with E-state index < -0.39 is 40.7 Å².